The van der Waals surface area contributed by atoms with Gasteiger partial charge < -0.3 is 4.98 Å². The van der Waals surface area contributed by atoms with Gasteiger partial charge in [0.25, 0.3) is 5.56 Å². The molecule has 0 saturated carbocycles. The molecule has 0 amide bonds. The monoisotopic (exact) mass is 302 g/mol. The molecule has 0 aliphatic heterocycles. The Morgan fingerprint density at radius 2 is 2.33 bits per heavy atom. The average Bonchev–Trinajstić information content (AvgIpc) is 2.74. The van der Waals surface area contributed by atoms with Crippen LogP contribution in [-0.2, 0) is 10.8 Å². The van der Waals surface area contributed by atoms with Gasteiger partial charge in [0, 0.05) is 28.9 Å². The van der Waals surface area contributed by atoms with E-state index in [2.05, 4.69) is 4.98 Å². The van der Waals surface area contributed by atoms with Crippen molar-refractivity contribution in [3.05, 3.63) is 26.6 Å². The minimum absolute atomic E-state index is 0.0468. The van der Waals surface area contributed by atoms with Gasteiger partial charge in [-0.15, -0.1) is 11.3 Å². The number of H-pyrrole nitrogens is 1. The summed E-state index contributed by atoms with van der Waals surface area (Å²) in [6.45, 7) is 1.93. The number of fused-ring (bicyclic) bond motifs is 1. The largest absolute Gasteiger partial charge is 0.323 e. The topological polar surface area (TPSA) is 54.9 Å². The highest BCUT2D eigenvalue weighted by Crippen LogP contribution is 2.17. The number of nitrogens with one attached hydrogen (secondary N) is 1. The van der Waals surface area contributed by atoms with Gasteiger partial charge in [-0.2, -0.15) is 0 Å². The van der Waals surface area contributed by atoms with Gasteiger partial charge in [-0.1, -0.05) is 0 Å². The molecule has 98 valence electrons. The van der Waals surface area contributed by atoms with Gasteiger partial charge in [-0.25, -0.2) is 0 Å². The fourth-order valence-electron chi connectivity index (χ4n) is 1.82. The van der Waals surface area contributed by atoms with E-state index in [0.29, 0.717) is 22.3 Å². The van der Waals surface area contributed by atoms with Crippen LogP contribution in [0, 0.1) is 4.77 Å². The van der Waals surface area contributed by atoms with Crippen molar-refractivity contribution >= 4 is 44.6 Å². The molecule has 0 spiro atoms. The summed E-state index contributed by atoms with van der Waals surface area (Å²) in [5, 5.41) is 2.53. The van der Waals surface area contributed by atoms with Crippen LogP contribution < -0.4 is 5.56 Å². The zero-order valence-electron chi connectivity index (χ0n) is 10.1. The molecule has 0 saturated heterocycles. The zero-order valence-corrected chi connectivity index (χ0v) is 12.6. The first-order valence-electron chi connectivity index (χ1n) is 5.52. The Labute approximate surface area is 116 Å². The predicted molar refractivity (Wildman–Crippen MR) is 79.5 cm³/mol. The maximum atomic E-state index is 12.3. The first-order chi connectivity index (χ1) is 8.50. The van der Waals surface area contributed by atoms with Crippen LogP contribution >= 0.6 is 23.6 Å². The van der Waals surface area contributed by atoms with E-state index in [0.717, 1.165) is 4.83 Å². The molecule has 4 nitrogen and oxygen atoms in total. The molecule has 0 fully saturated rings. The minimum Gasteiger partial charge on any atom is -0.323 e. The molecule has 0 bridgehead atoms. The molecule has 2 aromatic heterocycles. The standard InChI is InChI=1S/C11H14N2O2S3/c1-7(4-6-18(2)15)13-10(14)8-3-5-17-9(8)12-11(13)16/h3,5,7H,4,6H2,1-2H3,(H,12,16). The molecule has 2 unspecified atom stereocenters. The van der Waals surface area contributed by atoms with Crippen LogP contribution in [0.15, 0.2) is 16.2 Å². The molecular formula is C11H14N2O2S3. The van der Waals surface area contributed by atoms with Crippen molar-refractivity contribution in [2.24, 2.45) is 0 Å². The van der Waals surface area contributed by atoms with Crippen LogP contribution in [0.5, 0.6) is 0 Å². The number of hydrogen-bond donors (Lipinski definition) is 1. The molecule has 2 atom stereocenters. The molecular weight excluding hydrogens is 288 g/mol. The Balaban J connectivity index is 2.46. The number of thiophene rings is 1. The Hall–Kier alpha value is -0.790. The van der Waals surface area contributed by atoms with Crippen LogP contribution in [0.4, 0.5) is 0 Å². The second-order valence-corrected chi connectivity index (χ2v) is 7.04. The quantitative estimate of drug-likeness (QED) is 0.883. The van der Waals surface area contributed by atoms with Crippen molar-refractivity contribution in [1.29, 1.82) is 0 Å². The number of aromatic nitrogens is 2. The highest BCUT2D eigenvalue weighted by Gasteiger charge is 2.12. The van der Waals surface area contributed by atoms with Crippen molar-refractivity contribution in [1.82, 2.24) is 9.55 Å². The lowest BCUT2D eigenvalue weighted by Crippen LogP contribution is -2.25. The van der Waals surface area contributed by atoms with Gasteiger partial charge in [0.15, 0.2) is 4.77 Å². The zero-order chi connectivity index (χ0) is 13.3. The number of nitrogens with zero attached hydrogens (tertiary/aromatic N) is 1. The van der Waals surface area contributed by atoms with Crippen molar-refractivity contribution < 1.29 is 4.21 Å². The van der Waals surface area contributed by atoms with E-state index in [4.69, 9.17) is 12.2 Å². The molecule has 2 rings (SSSR count). The summed E-state index contributed by atoms with van der Waals surface area (Å²) in [4.78, 5) is 16.2. The Morgan fingerprint density at radius 1 is 1.61 bits per heavy atom. The van der Waals surface area contributed by atoms with Crippen molar-refractivity contribution in [2.75, 3.05) is 12.0 Å². The van der Waals surface area contributed by atoms with Crippen molar-refractivity contribution in [3.63, 3.8) is 0 Å². The van der Waals surface area contributed by atoms with Crippen molar-refractivity contribution in [3.8, 4) is 0 Å². The third kappa shape index (κ3) is 2.62. The van der Waals surface area contributed by atoms with Gasteiger partial charge >= 0.3 is 0 Å². The highest BCUT2D eigenvalue weighted by atomic mass is 32.2. The highest BCUT2D eigenvalue weighted by molar-refractivity contribution is 7.84. The van der Waals surface area contributed by atoms with Gasteiger partial charge in [0.2, 0.25) is 0 Å². The van der Waals surface area contributed by atoms with Crippen LogP contribution in [0.3, 0.4) is 0 Å². The summed E-state index contributed by atoms with van der Waals surface area (Å²) < 4.78 is 13.1. The molecule has 2 heterocycles. The minimum atomic E-state index is -0.850. The SMILES string of the molecule is CC(CCS(C)=O)n1c(=S)[nH]c2sccc2c1=O. The van der Waals surface area contributed by atoms with Gasteiger partial charge in [0.1, 0.15) is 4.83 Å². The van der Waals surface area contributed by atoms with Crippen LogP contribution in [0.1, 0.15) is 19.4 Å². The summed E-state index contributed by atoms with van der Waals surface area (Å²) in [7, 11) is -0.850. The van der Waals surface area contributed by atoms with E-state index < -0.39 is 10.8 Å². The second kappa shape index (κ2) is 5.46. The molecule has 7 heteroatoms. The summed E-state index contributed by atoms with van der Waals surface area (Å²) in [6, 6.07) is 1.75. The molecule has 0 aliphatic carbocycles. The molecule has 0 aliphatic rings. The lowest BCUT2D eigenvalue weighted by molar-refractivity contribution is 0.506. The summed E-state index contributed by atoms with van der Waals surface area (Å²) in [5.74, 6) is 0.573. The summed E-state index contributed by atoms with van der Waals surface area (Å²) >= 11 is 6.70. The number of aromatic amines is 1. The summed E-state index contributed by atoms with van der Waals surface area (Å²) in [6.07, 6.45) is 2.34. The third-order valence-corrected chi connectivity index (χ3v) is 4.76. The maximum absolute atomic E-state index is 12.3. The fourth-order valence-corrected chi connectivity index (χ4v) is 3.70. The predicted octanol–water partition coefficient (Wildman–Crippen LogP) is 2.45. The Morgan fingerprint density at radius 3 is 3.00 bits per heavy atom. The number of rotatable bonds is 4. The molecule has 18 heavy (non-hydrogen) atoms. The second-order valence-electron chi connectivity index (χ2n) is 4.18. The molecule has 0 radical (unpaired) electrons. The molecule has 0 aromatic carbocycles. The Kier molecular flexibility index (Phi) is 4.14. The third-order valence-electron chi connectivity index (χ3n) is 2.82. The van der Waals surface area contributed by atoms with Gasteiger partial charge in [-0.05, 0) is 37.0 Å². The van der Waals surface area contributed by atoms with Crippen LogP contribution in [0.2, 0.25) is 0 Å². The van der Waals surface area contributed by atoms with Gasteiger partial charge in [0.05, 0.1) is 5.39 Å². The lowest BCUT2D eigenvalue weighted by Gasteiger charge is -2.14. The van der Waals surface area contributed by atoms with Crippen molar-refractivity contribution in [2.45, 2.75) is 19.4 Å². The van der Waals surface area contributed by atoms with Crippen LogP contribution in [-0.4, -0.2) is 25.8 Å². The normalized spacial score (nSPS) is 14.8. The van der Waals surface area contributed by atoms with E-state index in [-0.39, 0.29) is 11.6 Å². The van der Waals surface area contributed by atoms with E-state index in [9.17, 15) is 9.00 Å². The van der Waals surface area contributed by atoms with Crippen LogP contribution in [0.25, 0.3) is 10.2 Å². The summed E-state index contributed by atoms with van der Waals surface area (Å²) in [5.41, 5.74) is -0.0654. The first kappa shape index (κ1) is 13.6. The van der Waals surface area contributed by atoms with Gasteiger partial charge in [-0.3, -0.25) is 13.6 Å². The molecule has 1 N–H and O–H groups in total. The maximum Gasteiger partial charge on any atom is 0.263 e. The average molecular weight is 302 g/mol. The van der Waals surface area contributed by atoms with E-state index in [1.165, 1.54) is 11.3 Å². The van der Waals surface area contributed by atoms with E-state index >= 15 is 0 Å². The Bertz CT molecular complexity index is 698. The van der Waals surface area contributed by atoms with E-state index in [1.807, 2.05) is 12.3 Å². The molecule has 2 aromatic rings. The lowest BCUT2D eigenvalue weighted by atomic mass is 10.2. The first-order valence-corrected chi connectivity index (χ1v) is 8.54. The van der Waals surface area contributed by atoms with E-state index in [1.54, 1.807) is 16.9 Å². The number of hydrogen-bond acceptors (Lipinski definition) is 4. The fraction of sp³-hybridized carbons (Fsp3) is 0.455. The smallest absolute Gasteiger partial charge is 0.263 e.